The number of aryl methyl sites for hydroxylation is 1. The van der Waals surface area contributed by atoms with Crippen LogP contribution in [0.25, 0.3) is 0 Å². The quantitative estimate of drug-likeness (QED) is 0.601. The molecular formula is C16H16ClNOS2. The molecule has 5 heteroatoms. The predicted octanol–water partition coefficient (Wildman–Crippen LogP) is 5.19. The highest BCUT2D eigenvalue weighted by atomic mass is 35.5. The third kappa shape index (κ3) is 3.90. The van der Waals surface area contributed by atoms with E-state index in [4.69, 9.17) is 34.3 Å². The van der Waals surface area contributed by atoms with Crippen molar-refractivity contribution in [1.29, 1.82) is 0 Å². The van der Waals surface area contributed by atoms with Crippen LogP contribution in [-0.2, 0) is 0 Å². The van der Waals surface area contributed by atoms with Gasteiger partial charge in [0, 0.05) is 9.92 Å². The van der Waals surface area contributed by atoms with Gasteiger partial charge in [-0.3, -0.25) is 0 Å². The van der Waals surface area contributed by atoms with Gasteiger partial charge in [-0.25, -0.2) is 0 Å². The second-order valence-corrected chi connectivity index (χ2v) is 6.62. The molecule has 0 heterocycles. The van der Waals surface area contributed by atoms with E-state index in [0.717, 1.165) is 21.8 Å². The van der Waals surface area contributed by atoms with Crippen LogP contribution < -0.4 is 10.5 Å². The molecule has 0 spiro atoms. The number of thioether (sulfide) groups is 1. The monoisotopic (exact) mass is 337 g/mol. The molecule has 0 radical (unpaired) electrons. The van der Waals surface area contributed by atoms with E-state index in [1.807, 2.05) is 37.3 Å². The standard InChI is InChI=1S/C16H16ClNOS2/c1-3-21-14-6-4-5-12(15(14)16(18)20)19-13-9-11(17)8-7-10(13)2/h4-9H,3H2,1-2H3,(H2,18,20). The van der Waals surface area contributed by atoms with Gasteiger partial charge in [-0.1, -0.05) is 42.9 Å². The lowest BCUT2D eigenvalue weighted by Crippen LogP contribution is -2.12. The summed E-state index contributed by atoms with van der Waals surface area (Å²) in [5, 5.41) is 0.631. The molecule has 0 aliphatic heterocycles. The highest BCUT2D eigenvalue weighted by molar-refractivity contribution is 7.99. The van der Waals surface area contributed by atoms with E-state index in [9.17, 15) is 0 Å². The lowest BCUT2D eigenvalue weighted by molar-refractivity contribution is 0.476. The number of rotatable bonds is 5. The summed E-state index contributed by atoms with van der Waals surface area (Å²) in [6.07, 6.45) is 0. The molecule has 2 N–H and O–H groups in total. The Balaban J connectivity index is 2.46. The van der Waals surface area contributed by atoms with E-state index in [1.165, 1.54) is 0 Å². The van der Waals surface area contributed by atoms with Gasteiger partial charge in [0.1, 0.15) is 16.5 Å². The number of thiocarbonyl (C=S) groups is 1. The zero-order chi connectivity index (χ0) is 15.4. The Bertz CT molecular complexity index is 673. The molecule has 0 aliphatic carbocycles. The molecule has 110 valence electrons. The van der Waals surface area contributed by atoms with Crippen molar-refractivity contribution in [3.63, 3.8) is 0 Å². The summed E-state index contributed by atoms with van der Waals surface area (Å²) in [4.78, 5) is 1.36. The van der Waals surface area contributed by atoms with Crippen LogP contribution in [0.5, 0.6) is 11.5 Å². The van der Waals surface area contributed by atoms with Crippen LogP contribution in [-0.4, -0.2) is 10.7 Å². The topological polar surface area (TPSA) is 35.2 Å². The van der Waals surface area contributed by atoms with Gasteiger partial charge in [0.2, 0.25) is 0 Å². The molecule has 0 fully saturated rings. The Kier molecular flexibility index (Phi) is 5.51. The minimum atomic E-state index is 0.334. The Morgan fingerprint density at radius 2 is 2.05 bits per heavy atom. The number of nitrogens with two attached hydrogens (primary N) is 1. The van der Waals surface area contributed by atoms with Crippen molar-refractivity contribution in [3.05, 3.63) is 52.5 Å². The van der Waals surface area contributed by atoms with E-state index in [0.29, 0.717) is 21.5 Å². The zero-order valence-electron chi connectivity index (χ0n) is 11.9. The van der Waals surface area contributed by atoms with Crippen LogP contribution in [0.3, 0.4) is 0 Å². The molecule has 0 saturated heterocycles. The Morgan fingerprint density at radius 1 is 1.29 bits per heavy atom. The first kappa shape index (κ1) is 16.1. The molecule has 2 aromatic rings. The first-order valence-corrected chi connectivity index (χ1v) is 8.29. The molecular weight excluding hydrogens is 322 g/mol. The molecule has 2 aromatic carbocycles. The van der Waals surface area contributed by atoms with Crippen molar-refractivity contribution >= 4 is 40.6 Å². The molecule has 0 amide bonds. The number of halogens is 1. The second kappa shape index (κ2) is 7.16. The molecule has 0 aromatic heterocycles. The first-order valence-electron chi connectivity index (χ1n) is 6.52. The fourth-order valence-electron chi connectivity index (χ4n) is 1.92. The number of hydrogen-bond donors (Lipinski definition) is 1. The fraction of sp³-hybridized carbons (Fsp3) is 0.188. The van der Waals surface area contributed by atoms with Crippen LogP contribution in [0.1, 0.15) is 18.1 Å². The van der Waals surface area contributed by atoms with Crippen molar-refractivity contribution in [2.45, 2.75) is 18.7 Å². The van der Waals surface area contributed by atoms with Gasteiger partial charge in [0.15, 0.2) is 0 Å². The Morgan fingerprint density at radius 3 is 2.71 bits per heavy atom. The lowest BCUT2D eigenvalue weighted by Gasteiger charge is -2.15. The smallest absolute Gasteiger partial charge is 0.138 e. The molecule has 0 bridgehead atoms. The van der Waals surface area contributed by atoms with E-state index >= 15 is 0 Å². The summed E-state index contributed by atoms with van der Waals surface area (Å²) in [6.45, 7) is 4.05. The van der Waals surface area contributed by atoms with Crippen molar-refractivity contribution < 1.29 is 4.74 Å². The molecule has 0 aliphatic rings. The van der Waals surface area contributed by atoms with Crippen LogP contribution in [0, 0.1) is 6.92 Å². The highest BCUT2D eigenvalue weighted by Gasteiger charge is 2.14. The van der Waals surface area contributed by atoms with Gasteiger partial charge >= 0.3 is 0 Å². The maximum Gasteiger partial charge on any atom is 0.138 e. The van der Waals surface area contributed by atoms with Crippen LogP contribution >= 0.6 is 35.6 Å². The minimum Gasteiger partial charge on any atom is -0.456 e. The van der Waals surface area contributed by atoms with Gasteiger partial charge in [-0.15, -0.1) is 11.8 Å². The van der Waals surface area contributed by atoms with Gasteiger partial charge in [0.25, 0.3) is 0 Å². The van der Waals surface area contributed by atoms with Crippen molar-refractivity contribution in [2.24, 2.45) is 5.73 Å². The molecule has 0 unspecified atom stereocenters. The normalized spacial score (nSPS) is 10.4. The molecule has 2 rings (SSSR count). The average Bonchev–Trinajstić information content (AvgIpc) is 2.43. The zero-order valence-corrected chi connectivity index (χ0v) is 14.2. The average molecular weight is 338 g/mol. The van der Waals surface area contributed by atoms with Gasteiger partial charge < -0.3 is 10.5 Å². The summed E-state index contributed by atoms with van der Waals surface area (Å²) < 4.78 is 6.00. The minimum absolute atomic E-state index is 0.334. The molecule has 0 saturated carbocycles. The Hall–Kier alpha value is -1.23. The first-order chi connectivity index (χ1) is 10.0. The second-order valence-electron chi connectivity index (χ2n) is 4.44. The summed E-state index contributed by atoms with van der Waals surface area (Å²) in [5.41, 5.74) is 7.66. The van der Waals surface area contributed by atoms with Crippen LogP contribution in [0.2, 0.25) is 5.02 Å². The molecule has 0 atom stereocenters. The summed E-state index contributed by atoms with van der Waals surface area (Å²) in [7, 11) is 0. The van der Waals surface area contributed by atoms with Gasteiger partial charge in [-0.2, -0.15) is 0 Å². The van der Waals surface area contributed by atoms with Gasteiger partial charge in [-0.05, 0) is 42.5 Å². The largest absolute Gasteiger partial charge is 0.456 e. The van der Waals surface area contributed by atoms with Crippen LogP contribution in [0.4, 0.5) is 0 Å². The lowest BCUT2D eigenvalue weighted by atomic mass is 10.2. The maximum absolute atomic E-state index is 6.03. The van der Waals surface area contributed by atoms with E-state index in [2.05, 4.69) is 6.92 Å². The fourth-order valence-corrected chi connectivity index (χ4v) is 3.19. The highest BCUT2D eigenvalue weighted by Crippen LogP contribution is 2.34. The maximum atomic E-state index is 6.03. The Labute approximate surface area is 139 Å². The third-order valence-corrected chi connectivity index (χ3v) is 4.28. The van der Waals surface area contributed by atoms with E-state index < -0.39 is 0 Å². The van der Waals surface area contributed by atoms with Crippen molar-refractivity contribution in [1.82, 2.24) is 0 Å². The van der Waals surface area contributed by atoms with Gasteiger partial charge in [0.05, 0.1) is 5.56 Å². The predicted molar refractivity (Wildman–Crippen MR) is 95.0 cm³/mol. The summed E-state index contributed by atoms with van der Waals surface area (Å²) in [5.74, 6) is 2.31. The van der Waals surface area contributed by atoms with Crippen LogP contribution in [0.15, 0.2) is 41.3 Å². The SMILES string of the molecule is CCSc1cccc(Oc2cc(Cl)ccc2C)c1C(N)=S. The molecule has 2 nitrogen and oxygen atoms in total. The number of benzene rings is 2. The molecule has 21 heavy (non-hydrogen) atoms. The van der Waals surface area contributed by atoms with E-state index in [-0.39, 0.29) is 0 Å². The summed E-state index contributed by atoms with van der Waals surface area (Å²) in [6, 6.07) is 11.4. The number of ether oxygens (including phenoxy) is 1. The third-order valence-electron chi connectivity index (χ3n) is 2.90. The summed E-state index contributed by atoms with van der Waals surface area (Å²) >= 11 is 12.9. The van der Waals surface area contributed by atoms with Crippen molar-refractivity contribution in [3.8, 4) is 11.5 Å². The number of hydrogen-bond acceptors (Lipinski definition) is 3. The van der Waals surface area contributed by atoms with Crippen molar-refractivity contribution in [2.75, 3.05) is 5.75 Å². The van der Waals surface area contributed by atoms with E-state index in [1.54, 1.807) is 17.8 Å².